The molecule has 0 bridgehead atoms. The summed E-state index contributed by atoms with van der Waals surface area (Å²) in [6.45, 7) is 1.77. The normalized spacial score (nSPS) is 11.8. The highest BCUT2D eigenvalue weighted by Crippen LogP contribution is 2.23. The zero-order chi connectivity index (χ0) is 15.3. The van der Waals surface area contributed by atoms with Gasteiger partial charge in [-0.25, -0.2) is 13.2 Å². The summed E-state index contributed by atoms with van der Waals surface area (Å²) in [6.07, 6.45) is 0.597. The summed E-state index contributed by atoms with van der Waals surface area (Å²) >= 11 is 5.78. The number of aromatic carboxylic acids is 1. The van der Waals surface area contributed by atoms with Crippen LogP contribution in [0.2, 0.25) is 5.02 Å². The summed E-state index contributed by atoms with van der Waals surface area (Å²) in [7, 11) is -3.79. The SMILES string of the molecule is CCCN(CCO)S(=O)(=O)c1ccc(C(=O)O)c(Cl)c1. The van der Waals surface area contributed by atoms with Crippen molar-refractivity contribution in [2.75, 3.05) is 19.7 Å². The Balaban J connectivity index is 3.20. The maximum atomic E-state index is 12.4. The van der Waals surface area contributed by atoms with Crippen LogP contribution < -0.4 is 0 Å². The fraction of sp³-hybridized carbons (Fsp3) is 0.417. The predicted molar refractivity (Wildman–Crippen MR) is 74.5 cm³/mol. The number of hydrogen-bond acceptors (Lipinski definition) is 4. The number of rotatable bonds is 7. The molecule has 0 fully saturated rings. The third-order valence-corrected chi connectivity index (χ3v) is 4.84. The third kappa shape index (κ3) is 3.69. The van der Waals surface area contributed by atoms with Crippen LogP contribution in [0.3, 0.4) is 0 Å². The Kier molecular flexibility index (Phi) is 5.94. The Morgan fingerprint density at radius 3 is 2.45 bits per heavy atom. The van der Waals surface area contributed by atoms with Crippen LogP contribution >= 0.6 is 11.6 Å². The highest BCUT2D eigenvalue weighted by atomic mass is 35.5. The average Bonchev–Trinajstić information content (AvgIpc) is 2.37. The first kappa shape index (κ1) is 16.9. The summed E-state index contributed by atoms with van der Waals surface area (Å²) in [5.74, 6) is -1.22. The maximum Gasteiger partial charge on any atom is 0.337 e. The molecule has 0 heterocycles. The Labute approximate surface area is 122 Å². The van der Waals surface area contributed by atoms with Gasteiger partial charge in [0.05, 0.1) is 22.1 Å². The van der Waals surface area contributed by atoms with Crippen LogP contribution in [-0.2, 0) is 10.0 Å². The Hall–Kier alpha value is -1.15. The number of hydrogen-bond donors (Lipinski definition) is 2. The number of aliphatic hydroxyl groups is 1. The van der Waals surface area contributed by atoms with Crippen molar-refractivity contribution in [3.8, 4) is 0 Å². The van der Waals surface area contributed by atoms with Crippen LogP contribution in [0.1, 0.15) is 23.7 Å². The number of nitrogens with zero attached hydrogens (tertiary/aromatic N) is 1. The monoisotopic (exact) mass is 321 g/mol. The molecule has 20 heavy (non-hydrogen) atoms. The van der Waals surface area contributed by atoms with E-state index in [4.69, 9.17) is 21.8 Å². The van der Waals surface area contributed by atoms with Gasteiger partial charge in [0.25, 0.3) is 0 Å². The van der Waals surface area contributed by atoms with E-state index in [1.54, 1.807) is 0 Å². The molecule has 0 aliphatic rings. The van der Waals surface area contributed by atoms with Crippen molar-refractivity contribution in [3.05, 3.63) is 28.8 Å². The minimum absolute atomic E-state index is 0.0194. The van der Waals surface area contributed by atoms with E-state index in [-0.39, 0.29) is 35.2 Å². The molecule has 0 aliphatic heterocycles. The van der Waals surface area contributed by atoms with Gasteiger partial charge in [0.1, 0.15) is 0 Å². The summed E-state index contributed by atoms with van der Waals surface area (Å²) < 4.78 is 25.8. The summed E-state index contributed by atoms with van der Waals surface area (Å²) in [4.78, 5) is 10.8. The lowest BCUT2D eigenvalue weighted by Gasteiger charge is -2.20. The minimum atomic E-state index is -3.79. The highest BCUT2D eigenvalue weighted by molar-refractivity contribution is 7.89. The van der Waals surface area contributed by atoms with Crippen LogP contribution in [-0.4, -0.2) is 48.6 Å². The van der Waals surface area contributed by atoms with Crippen molar-refractivity contribution in [3.63, 3.8) is 0 Å². The lowest BCUT2D eigenvalue weighted by atomic mass is 10.2. The van der Waals surface area contributed by atoms with Gasteiger partial charge in [0, 0.05) is 13.1 Å². The molecular weight excluding hydrogens is 306 g/mol. The number of aliphatic hydroxyl groups excluding tert-OH is 1. The Morgan fingerprint density at radius 2 is 2.00 bits per heavy atom. The standard InChI is InChI=1S/C12H16ClNO5S/c1-2-5-14(6-7-15)20(18,19)9-3-4-10(12(16)17)11(13)8-9/h3-4,8,15H,2,5-7H2,1H3,(H,16,17). The molecule has 1 aromatic rings. The van der Waals surface area contributed by atoms with Gasteiger partial charge < -0.3 is 10.2 Å². The molecule has 0 radical (unpaired) electrons. The quantitative estimate of drug-likeness (QED) is 0.792. The van der Waals surface area contributed by atoms with Gasteiger partial charge in [-0.2, -0.15) is 4.31 Å². The number of benzene rings is 1. The average molecular weight is 322 g/mol. The Bertz CT molecular complexity index is 582. The molecule has 6 nitrogen and oxygen atoms in total. The molecular formula is C12H16ClNO5S. The van der Waals surface area contributed by atoms with E-state index in [0.29, 0.717) is 6.42 Å². The molecule has 0 aromatic heterocycles. The number of carbonyl (C=O) groups is 1. The van der Waals surface area contributed by atoms with E-state index >= 15 is 0 Å². The van der Waals surface area contributed by atoms with E-state index in [1.165, 1.54) is 6.07 Å². The zero-order valence-corrected chi connectivity index (χ0v) is 12.5. The van der Waals surface area contributed by atoms with Crippen LogP contribution in [0.15, 0.2) is 23.1 Å². The molecule has 8 heteroatoms. The number of halogens is 1. The van der Waals surface area contributed by atoms with E-state index in [9.17, 15) is 13.2 Å². The number of carboxylic acids is 1. The van der Waals surface area contributed by atoms with E-state index in [1.807, 2.05) is 6.92 Å². The molecule has 1 aromatic carbocycles. The highest BCUT2D eigenvalue weighted by Gasteiger charge is 2.24. The second-order valence-corrected chi connectivity index (χ2v) is 6.42. The first-order valence-corrected chi connectivity index (χ1v) is 7.80. The fourth-order valence-electron chi connectivity index (χ4n) is 1.69. The van der Waals surface area contributed by atoms with Gasteiger partial charge in [-0.3, -0.25) is 0 Å². The first-order valence-electron chi connectivity index (χ1n) is 5.98. The lowest BCUT2D eigenvalue weighted by molar-refractivity contribution is 0.0697. The Morgan fingerprint density at radius 1 is 1.35 bits per heavy atom. The van der Waals surface area contributed by atoms with E-state index < -0.39 is 16.0 Å². The molecule has 0 aliphatic carbocycles. The molecule has 0 saturated carbocycles. The topological polar surface area (TPSA) is 94.9 Å². The lowest BCUT2D eigenvalue weighted by Crippen LogP contribution is -2.34. The van der Waals surface area contributed by atoms with Gasteiger partial charge in [-0.15, -0.1) is 0 Å². The van der Waals surface area contributed by atoms with Gasteiger partial charge in [0.2, 0.25) is 10.0 Å². The van der Waals surface area contributed by atoms with Gasteiger partial charge in [-0.05, 0) is 24.6 Å². The van der Waals surface area contributed by atoms with Crippen LogP contribution in [0, 0.1) is 0 Å². The van der Waals surface area contributed by atoms with Crippen LogP contribution in [0.5, 0.6) is 0 Å². The van der Waals surface area contributed by atoms with Crippen molar-refractivity contribution in [2.45, 2.75) is 18.2 Å². The molecule has 0 atom stereocenters. The van der Waals surface area contributed by atoms with Gasteiger partial charge >= 0.3 is 5.97 Å². The second-order valence-electron chi connectivity index (χ2n) is 4.07. The molecule has 2 N–H and O–H groups in total. The largest absolute Gasteiger partial charge is 0.478 e. The molecule has 0 amide bonds. The molecule has 0 spiro atoms. The minimum Gasteiger partial charge on any atom is -0.478 e. The summed E-state index contributed by atoms with van der Waals surface area (Å²) in [6, 6.07) is 3.46. The fourth-order valence-corrected chi connectivity index (χ4v) is 3.57. The van der Waals surface area contributed by atoms with Crippen molar-refractivity contribution >= 4 is 27.6 Å². The molecule has 112 valence electrons. The zero-order valence-electron chi connectivity index (χ0n) is 10.9. The van der Waals surface area contributed by atoms with Gasteiger partial charge in [-0.1, -0.05) is 18.5 Å². The van der Waals surface area contributed by atoms with Crippen molar-refractivity contribution in [2.24, 2.45) is 0 Å². The van der Waals surface area contributed by atoms with Crippen molar-refractivity contribution < 1.29 is 23.4 Å². The molecule has 0 unspecified atom stereocenters. The summed E-state index contributed by atoms with van der Waals surface area (Å²) in [5, 5.41) is 17.7. The first-order chi connectivity index (χ1) is 9.34. The molecule has 0 saturated heterocycles. The number of sulfonamides is 1. The van der Waals surface area contributed by atoms with Crippen molar-refractivity contribution in [1.29, 1.82) is 0 Å². The third-order valence-electron chi connectivity index (χ3n) is 2.63. The van der Waals surface area contributed by atoms with Gasteiger partial charge in [0.15, 0.2) is 0 Å². The van der Waals surface area contributed by atoms with Crippen LogP contribution in [0.4, 0.5) is 0 Å². The molecule has 1 rings (SSSR count). The second kappa shape index (κ2) is 7.03. The van der Waals surface area contributed by atoms with Crippen LogP contribution in [0.25, 0.3) is 0 Å². The van der Waals surface area contributed by atoms with E-state index in [2.05, 4.69) is 0 Å². The number of carboxylic acid groups (broad SMARTS) is 1. The smallest absolute Gasteiger partial charge is 0.337 e. The summed E-state index contributed by atoms with van der Waals surface area (Å²) in [5.41, 5.74) is -0.158. The van der Waals surface area contributed by atoms with E-state index in [0.717, 1.165) is 16.4 Å². The van der Waals surface area contributed by atoms with Crippen molar-refractivity contribution in [1.82, 2.24) is 4.31 Å². The maximum absolute atomic E-state index is 12.4. The predicted octanol–water partition coefficient (Wildman–Crippen LogP) is 1.43.